The monoisotopic (exact) mass is 369 g/mol. The molecule has 0 saturated carbocycles. The van der Waals surface area contributed by atoms with E-state index >= 15 is 0 Å². The number of nitrogens with two attached hydrogens (primary N) is 1. The van der Waals surface area contributed by atoms with Gasteiger partial charge in [-0.25, -0.2) is 0 Å². The Morgan fingerprint density at radius 3 is 1.85 bits per heavy atom. The molecular weight excluding hydrogens is 346 g/mol. The zero-order valence-corrected chi connectivity index (χ0v) is 15.4. The predicted octanol–water partition coefficient (Wildman–Crippen LogP) is 3.25. The second-order valence-corrected chi connectivity index (χ2v) is 5.80. The third-order valence-electron chi connectivity index (χ3n) is 4.02. The van der Waals surface area contributed by atoms with E-state index in [4.69, 9.17) is 20.3 Å². The highest BCUT2D eigenvalue weighted by Crippen LogP contribution is 2.31. The Morgan fingerprint density at radius 2 is 1.44 bits per heavy atom. The average molecular weight is 369 g/mol. The zero-order chi connectivity index (χ0) is 19.8. The molecule has 0 unspecified atom stereocenters. The predicted molar refractivity (Wildman–Crippen MR) is 103 cm³/mol. The number of carbonyl (C=O) groups excluding carboxylic acids is 1. The van der Waals surface area contributed by atoms with Gasteiger partial charge >= 0.3 is 5.97 Å². The molecule has 0 heterocycles. The molecule has 0 atom stereocenters. The molecule has 142 valence electrons. The molecule has 0 fully saturated rings. The summed E-state index contributed by atoms with van der Waals surface area (Å²) in [6.07, 6.45) is -0.145. The lowest BCUT2D eigenvalue weighted by Crippen LogP contribution is -2.17. The van der Waals surface area contributed by atoms with Gasteiger partial charge in [-0.1, -0.05) is 24.3 Å². The van der Waals surface area contributed by atoms with Crippen molar-refractivity contribution in [2.45, 2.75) is 19.8 Å². The fourth-order valence-electron chi connectivity index (χ4n) is 2.76. The molecule has 2 aromatic rings. The van der Waals surface area contributed by atoms with E-state index in [0.717, 1.165) is 11.1 Å². The van der Waals surface area contributed by atoms with Gasteiger partial charge in [0.2, 0.25) is 5.91 Å². The van der Waals surface area contributed by atoms with Crippen LogP contribution in [0.5, 0.6) is 11.5 Å². The van der Waals surface area contributed by atoms with Crippen LogP contribution in [0.2, 0.25) is 0 Å². The highest BCUT2D eigenvalue weighted by atomic mass is 16.5. The Labute approximate surface area is 158 Å². The van der Waals surface area contributed by atoms with Crippen molar-refractivity contribution in [3.63, 3.8) is 0 Å². The molecule has 0 radical (unpaired) electrons. The Morgan fingerprint density at radius 1 is 0.926 bits per heavy atom. The van der Waals surface area contributed by atoms with Gasteiger partial charge in [-0.05, 0) is 54.3 Å². The number of benzene rings is 2. The lowest BCUT2D eigenvalue weighted by molar-refractivity contribution is -0.136. The maximum atomic E-state index is 12.1. The minimum atomic E-state index is -0.991. The van der Waals surface area contributed by atoms with Gasteiger partial charge in [0.05, 0.1) is 13.7 Å². The molecule has 27 heavy (non-hydrogen) atoms. The van der Waals surface area contributed by atoms with Gasteiger partial charge in [0, 0.05) is 12.0 Å². The number of aliphatic carboxylic acids is 1. The lowest BCUT2D eigenvalue weighted by atomic mass is 9.90. The molecule has 6 heteroatoms. The summed E-state index contributed by atoms with van der Waals surface area (Å²) in [7, 11) is 1.57. The molecule has 0 spiro atoms. The smallest absolute Gasteiger partial charge is 0.303 e. The number of amides is 1. The van der Waals surface area contributed by atoms with Crippen LogP contribution in [0.25, 0.3) is 5.57 Å². The van der Waals surface area contributed by atoms with Crippen molar-refractivity contribution in [2.24, 2.45) is 5.73 Å². The van der Waals surface area contributed by atoms with Crippen LogP contribution in [0.4, 0.5) is 0 Å². The van der Waals surface area contributed by atoms with E-state index in [1.807, 2.05) is 31.2 Å². The fraction of sp³-hybridized carbons (Fsp3) is 0.238. The van der Waals surface area contributed by atoms with Crippen molar-refractivity contribution in [3.05, 3.63) is 65.2 Å². The molecule has 6 nitrogen and oxygen atoms in total. The van der Waals surface area contributed by atoms with E-state index in [-0.39, 0.29) is 18.4 Å². The summed E-state index contributed by atoms with van der Waals surface area (Å²) in [6.45, 7) is 2.44. The van der Waals surface area contributed by atoms with E-state index < -0.39 is 11.9 Å². The molecule has 0 aliphatic heterocycles. The maximum Gasteiger partial charge on any atom is 0.303 e. The van der Waals surface area contributed by atoms with Crippen LogP contribution in [0.3, 0.4) is 0 Å². The van der Waals surface area contributed by atoms with E-state index in [1.165, 1.54) is 0 Å². The molecule has 0 aliphatic carbocycles. The number of rotatable bonds is 9. The normalized spacial score (nSPS) is 11.5. The number of ether oxygens (including phenoxy) is 2. The molecular formula is C21H23NO5. The second-order valence-electron chi connectivity index (χ2n) is 5.80. The van der Waals surface area contributed by atoms with Gasteiger partial charge in [-0.2, -0.15) is 0 Å². The first-order valence-corrected chi connectivity index (χ1v) is 8.58. The van der Waals surface area contributed by atoms with Crippen LogP contribution >= 0.6 is 0 Å². The highest BCUT2D eigenvalue weighted by molar-refractivity contribution is 6.04. The van der Waals surface area contributed by atoms with E-state index in [0.29, 0.717) is 23.7 Å². The van der Waals surface area contributed by atoms with E-state index in [2.05, 4.69) is 0 Å². The Kier molecular flexibility index (Phi) is 7.00. The third-order valence-corrected chi connectivity index (χ3v) is 4.02. The zero-order valence-electron chi connectivity index (χ0n) is 15.4. The molecule has 2 rings (SSSR count). The van der Waals surface area contributed by atoms with Crippen molar-refractivity contribution in [1.82, 2.24) is 0 Å². The maximum absolute atomic E-state index is 12.1. The SMILES string of the molecule is CCOc1ccc(/C(=C(\CCC(=O)O)C(N)=O)c2ccc(OC)cc2)cc1. The van der Waals surface area contributed by atoms with Crippen LogP contribution in [0, 0.1) is 0 Å². The molecule has 0 bridgehead atoms. The summed E-state index contributed by atoms with van der Waals surface area (Å²) in [5.74, 6) is -0.247. The number of carboxylic acids is 1. The summed E-state index contributed by atoms with van der Waals surface area (Å²) in [6, 6.07) is 14.4. The molecule has 1 amide bonds. The topological polar surface area (TPSA) is 98.9 Å². The van der Waals surface area contributed by atoms with Gasteiger partial charge in [0.25, 0.3) is 0 Å². The number of hydrogen-bond acceptors (Lipinski definition) is 4. The number of carbonyl (C=O) groups is 2. The summed E-state index contributed by atoms with van der Waals surface area (Å²) in [4.78, 5) is 23.1. The van der Waals surface area contributed by atoms with Gasteiger partial charge in [0.1, 0.15) is 11.5 Å². The minimum Gasteiger partial charge on any atom is -0.497 e. The quantitative estimate of drug-likeness (QED) is 0.661. The van der Waals surface area contributed by atoms with Crippen LogP contribution < -0.4 is 15.2 Å². The van der Waals surface area contributed by atoms with Gasteiger partial charge in [0.15, 0.2) is 0 Å². The van der Waals surface area contributed by atoms with Gasteiger partial charge in [-0.15, -0.1) is 0 Å². The number of hydrogen-bond donors (Lipinski definition) is 2. The van der Waals surface area contributed by atoms with Gasteiger partial charge in [-0.3, -0.25) is 9.59 Å². The van der Waals surface area contributed by atoms with Crippen molar-refractivity contribution < 1.29 is 24.2 Å². The van der Waals surface area contributed by atoms with Crippen molar-refractivity contribution in [2.75, 3.05) is 13.7 Å². The molecule has 2 aromatic carbocycles. The molecule has 0 aliphatic rings. The minimum absolute atomic E-state index is 0.0409. The van der Waals surface area contributed by atoms with Crippen molar-refractivity contribution in [3.8, 4) is 11.5 Å². The summed E-state index contributed by atoms with van der Waals surface area (Å²) >= 11 is 0. The number of primary amides is 1. The fourth-order valence-corrected chi connectivity index (χ4v) is 2.76. The van der Waals surface area contributed by atoms with E-state index in [1.54, 1.807) is 31.4 Å². The standard InChI is InChI=1S/C21H23NO5/c1-3-27-17-10-6-15(7-11-17)20(14-4-8-16(26-2)9-5-14)18(21(22)25)12-13-19(23)24/h4-11H,3,12-13H2,1-2H3,(H2,22,25)(H,23,24)/b20-18+. The van der Waals surface area contributed by atoms with Crippen LogP contribution in [0.15, 0.2) is 54.1 Å². The third kappa shape index (κ3) is 5.34. The first-order valence-electron chi connectivity index (χ1n) is 8.58. The second kappa shape index (κ2) is 9.43. The van der Waals surface area contributed by atoms with Crippen LogP contribution in [-0.4, -0.2) is 30.7 Å². The van der Waals surface area contributed by atoms with E-state index in [9.17, 15) is 9.59 Å². The molecule has 3 N–H and O–H groups in total. The number of methoxy groups -OCH3 is 1. The average Bonchev–Trinajstić information content (AvgIpc) is 2.66. The first-order chi connectivity index (χ1) is 13.0. The Hall–Kier alpha value is -3.28. The van der Waals surface area contributed by atoms with Crippen LogP contribution in [-0.2, 0) is 9.59 Å². The highest BCUT2D eigenvalue weighted by Gasteiger charge is 2.18. The summed E-state index contributed by atoms with van der Waals surface area (Å²) in [5, 5.41) is 9.02. The van der Waals surface area contributed by atoms with Crippen molar-refractivity contribution in [1.29, 1.82) is 0 Å². The number of carboxylic acid groups (broad SMARTS) is 1. The largest absolute Gasteiger partial charge is 0.497 e. The summed E-state index contributed by atoms with van der Waals surface area (Å²) < 4.78 is 10.6. The Balaban J connectivity index is 2.59. The van der Waals surface area contributed by atoms with Crippen molar-refractivity contribution >= 4 is 17.4 Å². The summed E-state index contributed by atoms with van der Waals surface area (Å²) in [5.41, 5.74) is 7.97. The first kappa shape index (κ1) is 20.0. The lowest BCUT2D eigenvalue weighted by Gasteiger charge is -2.15. The Bertz CT molecular complexity index is 823. The molecule has 0 saturated heterocycles. The molecule has 0 aromatic heterocycles. The van der Waals surface area contributed by atoms with Gasteiger partial charge < -0.3 is 20.3 Å². The van der Waals surface area contributed by atoms with Crippen LogP contribution in [0.1, 0.15) is 30.9 Å².